The van der Waals surface area contributed by atoms with Crippen molar-refractivity contribution in [2.24, 2.45) is 7.05 Å². The Kier molecular flexibility index (Phi) is 4.42. The van der Waals surface area contributed by atoms with Crippen LogP contribution in [0.25, 0.3) is 15.3 Å². The van der Waals surface area contributed by atoms with Crippen molar-refractivity contribution >= 4 is 44.4 Å². The lowest BCUT2D eigenvalue weighted by atomic mass is 10.3. The van der Waals surface area contributed by atoms with Gasteiger partial charge in [-0.2, -0.15) is 15.5 Å². The lowest BCUT2D eigenvalue weighted by Crippen LogP contribution is -2.10. The summed E-state index contributed by atoms with van der Waals surface area (Å²) in [5, 5.41) is 20.6. The van der Waals surface area contributed by atoms with Crippen LogP contribution in [0, 0.1) is 11.3 Å². The summed E-state index contributed by atoms with van der Waals surface area (Å²) < 4.78 is 7.99. The monoisotopic (exact) mass is 412 g/mol. The highest BCUT2D eigenvalue weighted by Crippen LogP contribution is 2.32. The smallest absolute Gasteiger partial charge is 0.348 e. The lowest BCUT2D eigenvalue weighted by Gasteiger charge is -2.00. The maximum atomic E-state index is 12.8. The number of anilines is 1. The number of nitrogens with one attached hydrogen (secondary N) is 1. The molecule has 0 spiro atoms. The largest absolute Gasteiger partial charge is 0.465 e. The Hall–Kier alpha value is -3.49. The number of nitrogens with zero attached hydrogens (tertiary/aromatic N) is 5. The van der Waals surface area contributed by atoms with E-state index in [1.807, 2.05) is 25.5 Å². The van der Waals surface area contributed by atoms with Crippen LogP contribution in [0.15, 0.2) is 30.9 Å². The van der Waals surface area contributed by atoms with Crippen LogP contribution in [0.4, 0.5) is 5.00 Å². The number of esters is 1. The van der Waals surface area contributed by atoms with Crippen LogP contribution in [0.2, 0.25) is 0 Å². The highest BCUT2D eigenvalue weighted by molar-refractivity contribution is 7.21. The molecule has 4 aromatic rings. The maximum Gasteiger partial charge on any atom is 0.348 e. The van der Waals surface area contributed by atoms with Gasteiger partial charge >= 0.3 is 5.97 Å². The quantitative estimate of drug-likeness (QED) is 0.516. The van der Waals surface area contributed by atoms with Crippen LogP contribution < -0.4 is 5.32 Å². The summed E-state index contributed by atoms with van der Waals surface area (Å²) >= 11 is 2.40. The van der Waals surface area contributed by atoms with Crippen molar-refractivity contribution < 1.29 is 14.3 Å². The summed E-state index contributed by atoms with van der Waals surface area (Å²) in [5.74, 6) is -0.973. The molecule has 0 aliphatic carbocycles. The first-order chi connectivity index (χ1) is 13.5. The zero-order valence-corrected chi connectivity index (χ0v) is 16.3. The zero-order valence-electron chi connectivity index (χ0n) is 14.7. The van der Waals surface area contributed by atoms with E-state index >= 15 is 0 Å². The molecule has 0 atom stereocenters. The second-order valence-electron chi connectivity index (χ2n) is 5.72. The Morgan fingerprint density at radius 3 is 2.75 bits per heavy atom. The minimum Gasteiger partial charge on any atom is -0.465 e. The number of thiophene rings is 1. The van der Waals surface area contributed by atoms with Gasteiger partial charge in [-0.15, -0.1) is 22.7 Å². The van der Waals surface area contributed by atoms with Crippen LogP contribution in [0.1, 0.15) is 25.6 Å². The number of ether oxygens (including phenoxy) is 1. The highest BCUT2D eigenvalue weighted by atomic mass is 32.1. The predicted octanol–water partition coefficient (Wildman–Crippen LogP) is 2.77. The summed E-state index contributed by atoms with van der Waals surface area (Å²) in [6, 6.07) is 3.37. The van der Waals surface area contributed by atoms with Crippen molar-refractivity contribution in [1.82, 2.24) is 19.4 Å². The van der Waals surface area contributed by atoms with E-state index in [1.54, 1.807) is 15.4 Å². The molecule has 0 radical (unpaired) electrons. The number of amides is 1. The first-order valence-electron chi connectivity index (χ1n) is 7.90. The molecule has 11 heteroatoms. The molecular weight excluding hydrogens is 400 g/mol. The molecule has 1 N–H and O–H groups in total. The molecule has 1 amide bonds. The van der Waals surface area contributed by atoms with Gasteiger partial charge in [-0.1, -0.05) is 0 Å². The molecular formula is C17H12N6O3S2. The molecule has 4 rings (SSSR count). The normalized spacial score (nSPS) is 10.8. The van der Waals surface area contributed by atoms with Gasteiger partial charge in [0, 0.05) is 25.0 Å². The number of carbonyl (C=O) groups is 2. The van der Waals surface area contributed by atoms with Gasteiger partial charge in [-0.3, -0.25) is 9.48 Å². The van der Waals surface area contributed by atoms with Gasteiger partial charge < -0.3 is 10.1 Å². The van der Waals surface area contributed by atoms with E-state index in [1.165, 1.54) is 30.7 Å². The van der Waals surface area contributed by atoms with Crippen LogP contribution in [-0.4, -0.2) is 38.4 Å². The molecule has 4 heterocycles. The number of fused-ring (bicyclic) bond motifs is 1. The molecule has 9 nitrogen and oxygen atoms in total. The third kappa shape index (κ3) is 3.04. The number of aromatic nitrogens is 4. The molecule has 0 fully saturated rings. The Morgan fingerprint density at radius 1 is 1.25 bits per heavy atom. The van der Waals surface area contributed by atoms with Crippen LogP contribution in [-0.2, 0) is 11.8 Å². The number of carbonyl (C=O) groups excluding carboxylic acids is 2. The van der Waals surface area contributed by atoms with E-state index in [2.05, 4.69) is 20.3 Å². The number of thiazole rings is 1. The second-order valence-corrected chi connectivity index (χ2v) is 7.80. The molecule has 0 aromatic carbocycles. The Morgan fingerprint density at radius 2 is 2.07 bits per heavy atom. The van der Waals surface area contributed by atoms with Crippen molar-refractivity contribution in [3.05, 3.63) is 46.9 Å². The van der Waals surface area contributed by atoms with E-state index in [0.717, 1.165) is 21.8 Å². The van der Waals surface area contributed by atoms with E-state index in [4.69, 9.17) is 0 Å². The average Bonchev–Trinajstić information content (AvgIpc) is 3.43. The Balaban J connectivity index is 1.65. The van der Waals surface area contributed by atoms with Gasteiger partial charge in [0.2, 0.25) is 0 Å². The van der Waals surface area contributed by atoms with Gasteiger partial charge in [0.05, 0.1) is 35.5 Å². The van der Waals surface area contributed by atoms with Crippen molar-refractivity contribution in [3.8, 4) is 16.5 Å². The Labute approximate surface area is 166 Å². The second kappa shape index (κ2) is 6.91. The van der Waals surface area contributed by atoms with Gasteiger partial charge in [-0.25, -0.2) is 9.31 Å². The van der Waals surface area contributed by atoms with Crippen molar-refractivity contribution in [1.29, 1.82) is 5.26 Å². The standard InChI is InChI=1S/C17H12N6O3S2/c1-22-7-10(5-19-22)13-8-23-16(28-13)11(6-20-23)14(24)21-15-9(4-18)3-12(27-15)17(25)26-2/h3,5-8H,1-2H3,(H,21,24). The number of methoxy groups -OCH3 is 1. The fourth-order valence-electron chi connectivity index (χ4n) is 2.56. The summed E-state index contributed by atoms with van der Waals surface area (Å²) in [6.45, 7) is 0. The molecule has 140 valence electrons. The molecule has 0 unspecified atom stereocenters. The molecule has 0 bridgehead atoms. The van der Waals surface area contributed by atoms with E-state index in [9.17, 15) is 14.9 Å². The third-order valence-corrected chi connectivity index (χ3v) is 6.09. The van der Waals surface area contributed by atoms with Crippen LogP contribution >= 0.6 is 22.7 Å². The fraction of sp³-hybridized carbons (Fsp3) is 0.118. The molecule has 0 saturated carbocycles. The summed E-state index contributed by atoms with van der Waals surface area (Å²) in [7, 11) is 3.09. The number of nitriles is 1. The van der Waals surface area contributed by atoms with Gasteiger partial charge in [0.1, 0.15) is 20.8 Å². The number of hydrogen-bond acceptors (Lipinski definition) is 8. The fourth-order valence-corrected chi connectivity index (χ4v) is 4.52. The molecule has 0 aliphatic rings. The highest BCUT2D eigenvalue weighted by Gasteiger charge is 2.21. The molecule has 28 heavy (non-hydrogen) atoms. The van der Waals surface area contributed by atoms with E-state index in [-0.39, 0.29) is 15.4 Å². The van der Waals surface area contributed by atoms with Gasteiger partial charge in [0.25, 0.3) is 5.91 Å². The first kappa shape index (κ1) is 17.9. The summed E-state index contributed by atoms with van der Waals surface area (Å²) in [6.07, 6.45) is 6.92. The summed E-state index contributed by atoms with van der Waals surface area (Å²) in [4.78, 5) is 26.3. The zero-order chi connectivity index (χ0) is 19.8. The van der Waals surface area contributed by atoms with Gasteiger partial charge in [0.15, 0.2) is 0 Å². The van der Waals surface area contributed by atoms with E-state index < -0.39 is 11.9 Å². The lowest BCUT2D eigenvalue weighted by molar-refractivity contribution is 0.0606. The van der Waals surface area contributed by atoms with Crippen molar-refractivity contribution in [3.63, 3.8) is 0 Å². The van der Waals surface area contributed by atoms with Gasteiger partial charge in [-0.05, 0) is 6.07 Å². The molecule has 0 aliphatic heterocycles. The molecule has 4 aromatic heterocycles. The minimum absolute atomic E-state index is 0.199. The Bertz CT molecular complexity index is 1260. The first-order valence-corrected chi connectivity index (χ1v) is 9.53. The average molecular weight is 412 g/mol. The third-order valence-electron chi connectivity index (χ3n) is 3.90. The topological polar surface area (TPSA) is 114 Å². The minimum atomic E-state index is -0.561. The SMILES string of the molecule is COC(=O)c1cc(C#N)c(NC(=O)c2cnn3cc(-c4cnn(C)c4)sc23)s1. The van der Waals surface area contributed by atoms with Crippen molar-refractivity contribution in [2.75, 3.05) is 12.4 Å². The van der Waals surface area contributed by atoms with Crippen LogP contribution in [0.5, 0.6) is 0 Å². The van der Waals surface area contributed by atoms with Crippen molar-refractivity contribution in [2.45, 2.75) is 0 Å². The predicted molar refractivity (Wildman–Crippen MR) is 104 cm³/mol. The number of rotatable bonds is 4. The number of aryl methyl sites for hydroxylation is 1. The number of hydrogen-bond donors (Lipinski definition) is 1. The summed E-state index contributed by atoms with van der Waals surface area (Å²) in [5.41, 5.74) is 1.50. The maximum absolute atomic E-state index is 12.8. The van der Waals surface area contributed by atoms with E-state index in [0.29, 0.717) is 10.4 Å². The molecule has 0 saturated heterocycles. The van der Waals surface area contributed by atoms with Crippen LogP contribution in [0.3, 0.4) is 0 Å².